The fourth-order valence-electron chi connectivity index (χ4n) is 2.08. The van der Waals surface area contributed by atoms with Gasteiger partial charge in [0.15, 0.2) is 0 Å². The molecule has 0 aliphatic carbocycles. The van der Waals surface area contributed by atoms with Crippen LogP contribution in [0.5, 0.6) is 0 Å². The summed E-state index contributed by atoms with van der Waals surface area (Å²) in [5, 5.41) is 0. The number of nitrogens with two attached hydrogens (primary N) is 1. The summed E-state index contributed by atoms with van der Waals surface area (Å²) in [7, 11) is 2.03. The van der Waals surface area contributed by atoms with Gasteiger partial charge in [-0.25, -0.2) is 4.98 Å². The van der Waals surface area contributed by atoms with Crippen molar-refractivity contribution in [1.82, 2.24) is 14.5 Å². The van der Waals surface area contributed by atoms with E-state index in [1.165, 1.54) is 0 Å². The first-order valence-corrected chi connectivity index (χ1v) is 6.68. The quantitative estimate of drug-likeness (QED) is 0.784. The molecule has 18 heavy (non-hydrogen) atoms. The summed E-state index contributed by atoms with van der Waals surface area (Å²) in [5.74, 6) is 1.01. The van der Waals surface area contributed by atoms with Crippen LogP contribution in [0.15, 0.2) is 36.0 Å². The molecule has 1 unspecified atom stereocenters. The number of hydrogen-bond acceptors (Lipinski definition) is 4. The molecular weight excluding hydrogens is 244 g/mol. The summed E-state index contributed by atoms with van der Waals surface area (Å²) in [6.45, 7) is 0. The second-order valence-electron chi connectivity index (χ2n) is 4.29. The molecule has 3 aromatic rings. The maximum atomic E-state index is 6.18. The Balaban J connectivity index is 1.93. The van der Waals surface area contributed by atoms with Crippen LogP contribution in [0.4, 0.5) is 0 Å². The number of para-hydroxylation sites is 2. The first-order chi connectivity index (χ1) is 8.75. The van der Waals surface area contributed by atoms with Crippen LogP contribution in [-0.4, -0.2) is 14.5 Å². The highest BCUT2D eigenvalue weighted by Gasteiger charge is 2.13. The molecule has 1 atom stereocenters. The second-order valence-corrected chi connectivity index (χ2v) is 5.21. The summed E-state index contributed by atoms with van der Waals surface area (Å²) in [5.41, 5.74) is 10.2. The zero-order valence-electron chi connectivity index (χ0n) is 10.1. The number of imidazole rings is 1. The van der Waals surface area contributed by atoms with E-state index < -0.39 is 0 Å². The molecule has 2 aromatic heterocycles. The minimum Gasteiger partial charge on any atom is -0.331 e. The minimum atomic E-state index is -0.0342. The van der Waals surface area contributed by atoms with Gasteiger partial charge in [0.1, 0.15) is 5.82 Å². The van der Waals surface area contributed by atoms with Gasteiger partial charge in [0.05, 0.1) is 16.5 Å². The molecule has 2 N–H and O–H groups in total. The lowest BCUT2D eigenvalue weighted by Gasteiger charge is -2.08. The van der Waals surface area contributed by atoms with Crippen molar-refractivity contribution in [2.45, 2.75) is 12.5 Å². The van der Waals surface area contributed by atoms with Crippen LogP contribution in [0.1, 0.15) is 16.7 Å². The summed E-state index contributed by atoms with van der Waals surface area (Å²) in [4.78, 5) is 9.79. The van der Waals surface area contributed by atoms with Gasteiger partial charge in [0, 0.05) is 30.6 Å². The van der Waals surface area contributed by atoms with E-state index in [9.17, 15) is 0 Å². The average molecular weight is 258 g/mol. The van der Waals surface area contributed by atoms with Crippen LogP contribution in [0, 0.1) is 0 Å². The standard InChI is InChI=1S/C13H14N4S/c1-17-11-5-3-2-4-10(11)16-13(17)6-9(14)12-7-15-8-18-12/h2-5,7-9H,6,14H2,1H3. The zero-order chi connectivity index (χ0) is 12.5. The molecule has 0 saturated heterocycles. The van der Waals surface area contributed by atoms with Crippen molar-refractivity contribution in [3.63, 3.8) is 0 Å². The molecule has 5 heteroatoms. The zero-order valence-corrected chi connectivity index (χ0v) is 10.9. The number of rotatable bonds is 3. The van der Waals surface area contributed by atoms with E-state index in [-0.39, 0.29) is 6.04 Å². The SMILES string of the molecule is Cn1c(CC(N)c2cncs2)nc2ccccc21. The monoisotopic (exact) mass is 258 g/mol. The summed E-state index contributed by atoms with van der Waals surface area (Å²) >= 11 is 1.59. The highest BCUT2D eigenvalue weighted by molar-refractivity contribution is 7.09. The van der Waals surface area contributed by atoms with E-state index in [2.05, 4.69) is 20.6 Å². The third kappa shape index (κ3) is 1.91. The Labute approximate surface area is 109 Å². The number of aromatic nitrogens is 3. The highest BCUT2D eigenvalue weighted by atomic mass is 32.1. The Kier molecular flexibility index (Phi) is 2.85. The van der Waals surface area contributed by atoms with Gasteiger partial charge in [-0.3, -0.25) is 4.98 Å². The number of benzene rings is 1. The molecule has 0 radical (unpaired) electrons. The molecule has 0 aliphatic heterocycles. The maximum Gasteiger partial charge on any atom is 0.111 e. The largest absolute Gasteiger partial charge is 0.331 e. The molecule has 0 spiro atoms. The molecule has 0 amide bonds. The van der Waals surface area contributed by atoms with Crippen LogP contribution in [0.3, 0.4) is 0 Å². The molecule has 0 aliphatic rings. The average Bonchev–Trinajstić information content (AvgIpc) is 3.00. The minimum absolute atomic E-state index is 0.0342. The van der Waals surface area contributed by atoms with Gasteiger partial charge in [-0.1, -0.05) is 12.1 Å². The first kappa shape index (κ1) is 11.4. The van der Waals surface area contributed by atoms with Crippen molar-refractivity contribution in [2.75, 3.05) is 0 Å². The van der Waals surface area contributed by atoms with E-state index in [0.717, 1.165) is 28.2 Å². The van der Waals surface area contributed by atoms with Crippen molar-refractivity contribution in [2.24, 2.45) is 12.8 Å². The number of nitrogens with zero attached hydrogens (tertiary/aromatic N) is 3. The fourth-order valence-corrected chi connectivity index (χ4v) is 2.71. The molecule has 0 fully saturated rings. The lowest BCUT2D eigenvalue weighted by Crippen LogP contribution is -2.14. The number of aryl methyl sites for hydroxylation is 1. The van der Waals surface area contributed by atoms with Crippen molar-refractivity contribution < 1.29 is 0 Å². The molecule has 1 aromatic carbocycles. The predicted molar refractivity (Wildman–Crippen MR) is 73.5 cm³/mol. The van der Waals surface area contributed by atoms with Crippen LogP contribution in [-0.2, 0) is 13.5 Å². The van der Waals surface area contributed by atoms with Crippen LogP contribution >= 0.6 is 11.3 Å². The molecule has 0 saturated carbocycles. The highest BCUT2D eigenvalue weighted by Crippen LogP contribution is 2.21. The third-order valence-corrected chi connectivity index (χ3v) is 4.01. The molecule has 4 nitrogen and oxygen atoms in total. The van der Waals surface area contributed by atoms with E-state index in [4.69, 9.17) is 5.73 Å². The molecular formula is C13H14N4S. The lowest BCUT2D eigenvalue weighted by atomic mass is 10.2. The second kappa shape index (κ2) is 4.51. The Morgan fingerprint density at radius 1 is 1.39 bits per heavy atom. The van der Waals surface area contributed by atoms with Gasteiger partial charge in [-0.2, -0.15) is 0 Å². The van der Waals surface area contributed by atoms with Crippen molar-refractivity contribution in [3.8, 4) is 0 Å². The van der Waals surface area contributed by atoms with Crippen LogP contribution < -0.4 is 5.73 Å². The van der Waals surface area contributed by atoms with Crippen molar-refractivity contribution >= 4 is 22.4 Å². The number of hydrogen-bond donors (Lipinski definition) is 1. The summed E-state index contributed by atoms with van der Waals surface area (Å²) < 4.78 is 2.11. The number of thiazole rings is 1. The van der Waals surface area contributed by atoms with Gasteiger partial charge >= 0.3 is 0 Å². The first-order valence-electron chi connectivity index (χ1n) is 5.80. The molecule has 92 valence electrons. The Bertz CT molecular complexity index is 657. The topological polar surface area (TPSA) is 56.7 Å². The van der Waals surface area contributed by atoms with Crippen LogP contribution in [0.25, 0.3) is 11.0 Å². The summed E-state index contributed by atoms with van der Waals surface area (Å²) in [6.07, 6.45) is 2.56. The van der Waals surface area contributed by atoms with E-state index in [1.54, 1.807) is 11.3 Å². The normalized spacial score (nSPS) is 13.0. The molecule has 0 bridgehead atoms. The van der Waals surface area contributed by atoms with Gasteiger partial charge in [-0.05, 0) is 12.1 Å². The maximum absolute atomic E-state index is 6.18. The van der Waals surface area contributed by atoms with Gasteiger partial charge in [0.2, 0.25) is 0 Å². The third-order valence-electron chi connectivity index (χ3n) is 3.10. The van der Waals surface area contributed by atoms with Gasteiger partial charge in [-0.15, -0.1) is 11.3 Å². The Morgan fingerprint density at radius 3 is 2.94 bits per heavy atom. The lowest BCUT2D eigenvalue weighted by molar-refractivity contribution is 0.673. The predicted octanol–water partition coefficient (Wildman–Crippen LogP) is 2.27. The van der Waals surface area contributed by atoms with Gasteiger partial charge in [0.25, 0.3) is 0 Å². The Hall–Kier alpha value is -1.72. The fraction of sp³-hybridized carbons (Fsp3) is 0.231. The van der Waals surface area contributed by atoms with Crippen LogP contribution in [0.2, 0.25) is 0 Å². The molecule has 3 rings (SSSR count). The van der Waals surface area contributed by atoms with E-state index >= 15 is 0 Å². The van der Waals surface area contributed by atoms with E-state index in [0.29, 0.717) is 0 Å². The van der Waals surface area contributed by atoms with Crippen molar-refractivity contribution in [3.05, 3.63) is 46.7 Å². The van der Waals surface area contributed by atoms with E-state index in [1.807, 2.05) is 37.0 Å². The smallest absolute Gasteiger partial charge is 0.111 e. The molecule has 2 heterocycles. The number of fused-ring (bicyclic) bond motifs is 1. The Morgan fingerprint density at radius 2 is 2.22 bits per heavy atom. The van der Waals surface area contributed by atoms with Gasteiger partial charge < -0.3 is 10.3 Å². The summed E-state index contributed by atoms with van der Waals surface area (Å²) in [6, 6.07) is 8.09. The van der Waals surface area contributed by atoms with Crippen molar-refractivity contribution in [1.29, 1.82) is 0 Å².